The average molecular weight is 329 g/mol. The van der Waals surface area contributed by atoms with Gasteiger partial charge in [-0.2, -0.15) is 0 Å². The van der Waals surface area contributed by atoms with Crippen LogP contribution in [-0.2, 0) is 16.0 Å². The van der Waals surface area contributed by atoms with Crippen molar-refractivity contribution in [3.05, 3.63) is 35.9 Å². The van der Waals surface area contributed by atoms with Crippen molar-refractivity contribution in [3.63, 3.8) is 0 Å². The fraction of sp³-hybridized carbons (Fsp3) is 0.533. The minimum atomic E-state index is -1.81. The summed E-state index contributed by atoms with van der Waals surface area (Å²) in [4.78, 5) is 10.4. The first kappa shape index (κ1) is 19.5. The third-order valence-electron chi connectivity index (χ3n) is 3.23. The van der Waals surface area contributed by atoms with Gasteiger partial charge in [0, 0.05) is 6.04 Å². The molecule has 0 aromatic heterocycles. The highest BCUT2D eigenvalue weighted by Crippen LogP contribution is 2.19. The maximum atomic E-state index is 10.4. The molecule has 1 aliphatic rings. The highest BCUT2D eigenvalue weighted by molar-refractivity contribution is 5.73. The normalized spacial score (nSPS) is 31.7. The number of carboxylic acids is 1. The zero-order chi connectivity index (χ0) is 17.6. The Morgan fingerprint density at radius 2 is 1.70 bits per heavy atom. The van der Waals surface area contributed by atoms with E-state index in [0.29, 0.717) is 0 Å². The number of hydrogen-bond donors (Lipinski definition) is 6. The third-order valence-corrected chi connectivity index (χ3v) is 3.23. The highest BCUT2D eigenvalue weighted by atomic mass is 16.6. The standard InChI is InChI=1S/C9H13N.C6H10O7/c1-8(10)7-9-5-3-2-4-6-9;7-1-2(8)4(5(10)11)13-6(12)3(1)9/h2-6,8H,7,10H2,1H3;1-4,6-9,12H,(H,10,11)/t;1-,2+,3+,4-,6-/m.0/s1. The van der Waals surface area contributed by atoms with E-state index in [1.807, 2.05) is 25.1 Å². The Balaban J connectivity index is 0.000000238. The van der Waals surface area contributed by atoms with Gasteiger partial charge in [-0.3, -0.25) is 0 Å². The van der Waals surface area contributed by atoms with E-state index in [9.17, 15) is 4.79 Å². The maximum absolute atomic E-state index is 10.4. The van der Waals surface area contributed by atoms with E-state index < -0.39 is 36.7 Å². The van der Waals surface area contributed by atoms with Gasteiger partial charge in [-0.25, -0.2) is 4.79 Å². The molecule has 0 saturated carbocycles. The quantitative estimate of drug-likeness (QED) is 0.389. The molecule has 0 radical (unpaired) electrons. The van der Waals surface area contributed by atoms with Gasteiger partial charge in [0.15, 0.2) is 12.4 Å². The Bertz CT molecular complexity index is 482. The van der Waals surface area contributed by atoms with Crippen molar-refractivity contribution in [2.45, 2.75) is 50.1 Å². The predicted octanol–water partition coefficient (Wildman–Crippen LogP) is -1.55. The largest absolute Gasteiger partial charge is 0.479 e. The summed E-state index contributed by atoms with van der Waals surface area (Å²) >= 11 is 0. The first-order valence-corrected chi connectivity index (χ1v) is 7.14. The van der Waals surface area contributed by atoms with Gasteiger partial charge in [0.2, 0.25) is 0 Å². The van der Waals surface area contributed by atoms with Crippen LogP contribution in [0.3, 0.4) is 0 Å². The lowest BCUT2D eigenvalue weighted by Gasteiger charge is -2.36. The van der Waals surface area contributed by atoms with E-state index in [2.05, 4.69) is 16.9 Å². The van der Waals surface area contributed by atoms with Crippen LogP contribution in [0.4, 0.5) is 0 Å². The lowest BCUT2D eigenvalue weighted by atomic mass is 9.99. The Labute approximate surface area is 133 Å². The topological polar surface area (TPSA) is 153 Å². The molecule has 1 saturated heterocycles. The molecule has 6 atom stereocenters. The Kier molecular flexibility index (Phi) is 7.56. The predicted molar refractivity (Wildman–Crippen MR) is 80.3 cm³/mol. The van der Waals surface area contributed by atoms with Crippen LogP contribution in [0.15, 0.2) is 30.3 Å². The molecule has 8 nitrogen and oxygen atoms in total. The summed E-state index contributed by atoms with van der Waals surface area (Å²) < 4.78 is 4.34. The van der Waals surface area contributed by atoms with E-state index in [0.717, 1.165) is 6.42 Å². The second-order valence-corrected chi connectivity index (χ2v) is 5.42. The summed E-state index contributed by atoms with van der Waals surface area (Å²) in [7, 11) is 0. The Hall–Kier alpha value is -1.55. The van der Waals surface area contributed by atoms with Gasteiger partial charge >= 0.3 is 5.97 Å². The zero-order valence-electron chi connectivity index (χ0n) is 12.7. The van der Waals surface area contributed by atoms with Crippen LogP contribution >= 0.6 is 0 Å². The van der Waals surface area contributed by atoms with Crippen LogP contribution in [0.25, 0.3) is 0 Å². The fourth-order valence-electron chi connectivity index (χ4n) is 2.05. The summed E-state index contributed by atoms with van der Waals surface area (Å²) in [6.45, 7) is 2.02. The van der Waals surface area contributed by atoms with E-state index in [1.54, 1.807) is 0 Å². The molecule has 7 N–H and O–H groups in total. The Morgan fingerprint density at radius 3 is 2.17 bits per heavy atom. The minimum Gasteiger partial charge on any atom is -0.479 e. The van der Waals surface area contributed by atoms with Crippen molar-refractivity contribution in [1.29, 1.82) is 0 Å². The number of ether oxygens (including phenoxy) is 1. The van der Waals surface area contributed by atoms with Crippen molar-refractivity contribution in [2.24, 2.45) is 5.73 Å². The summed E-state index contributed by atoms with van der Waals surface area (Å²) in [5, 5.41) is 44.4. The molecule has 8 heteroatoms. The molecule has 2 rings (SSSR count). The molecule has 1 aliphatic heterocycles. The number of nitrogens with two attached hydrogens (primary N) is 1. The minimum absolute atomic E-state index is 0.266. The van der Waals surface area contributed by atoms with Crippen molar-refractivity contribution >= 4 is 5.97 Å². The van der Waals surface area contributed by atoms with Gasteiger partial charge < -0.3 is 36.0 Å². The molecule has 1 aromatic carbocycles. The molecule has 0 amide bonds. The van der Waals surface area contributed by atoms with Gasteiger partial charge in [0.1, 0.15) is 18.3 Å². The number of carbonyl (C=O) groups is 1. The molecular formula is C15H23NO7. The number of aliphatic carboxylic acids is 1. The number of aliphatic hydroxyl groups is 4. The summed E-state index contributed by atoms with van der Waals surface area (Å²) in [6, 6.07) is 10.6. The van der Waals surface area contributed by atoms with Crippen LogP contribution in [0, 0.1) is 0 Å². The smallest absolute Gasteiger partial charge is 0.335 e. The monoisotopic (exact) mass is 329 g/mol. The SMILES string of the molecule is CC(N)Cc1ccccc1.O=C(O)[C@H]1O[C@H](O)[C@H](O)[C@@H](O)[C@H]1O. The molecule has 1 aromatic rings. The summed E-state index contributed by atoms with van der Waals surface area (Å²) in [6.07, 6.45) is -7.75. The summed E-state index contributed by atoms with van der Waals surface area (Å²) in [5.41, 5.74) is 6.94. The van der Waals surface area contributed by atoms with E-state index in [-0.39, 0.29) is 6.04 Å². The second-order valence-electron chi connectivity index (χ2n) is 5.42. The lowest BCUT2D eigenvalue weighted by molar-refractivity contribution is -0.279. The Morgan fingerprint density at radius 1 is 1.13 bits per heavy atom. The molecule has 0 bridgehead atoms. The molecule has 0 spiro atoms. The van der Waals surface area contributed by atoms with Crippen molar-refractivity contribution in [1.82, 2.24) is 0 Å². The summed E-state index contributed by atoms with van der Waals surface area (Å²) in [5.74, 6) is -1.52. The van der Waals surface area contributed by atoms with Crippen LogP contribution < -0.4 is 5.73 Å². The van der Waals surface area contributed by atoms with Crippen molar-refractivity contribution in [2.75, 3.05) is 0 Å². The molecular weight excluding hydrogens is 306 g/mol. The average Bonchev–Trinajstić information content (AvgIpc) is 2.49. The van der Waals surface area contributed by atoms with Crippen LogP contribution in [-0.4, -0.2) is 68.2 Å². The van der Waals surface area contributed by atoms with E-state index >= 15 is 0 Å². The number of hydrogen-bond acceptors (Lipinski definition) is 7. The van der Waals surface area contributed by atoms with Gasteiger partial charge in [-0.05, 0) is 18.9 Å². The van der Waals surface area contributed by atoms with E-state index in [1.165, 1.54) is 5.56 Å². The molecule has 1 unspecified atom stereocenters. The number of benzene rings is 1. The van der Waals surface area contributed by atoms with Gasteiger partial charge in [-0.15, -0.1) is 0 Å². The van der Waals surface area contributed by atoms with Gasteiger partial charge in [0.25, 0.3) is 0 Å². The maximum Gasteiger partial charge on any atom is 0.335 e. The number of rotatable bonds is 3. The number of carboxylic acid groups (broad SMARTS) is 1. The lowest BCUT2D eigenvalue weighted by Crippen LogP contribution is -2.59. The highest BCUT2D eigenvalue weighted by Gasteiger charge is 2.46. The molecule has 130 valence electrons. The third kappa shape index (κ3) is 5.87. The van der Waals surface area contributed by atoms with Crippen molar-refractivity contribution in [3.8, 4) is 0 Å². The van der Waals surface area contributed by atoms with E-state index in [4.69, 9.17) is 31.3 Å². The first-order chi connectivity index (χ1) is 10.7. The van der Waals surface area contributed by atoms with Crippen LogP contribution in [0.5, 0.6) is 0 Å². The first-order valence-electron chi connectivity index (χ1n) is 7.14. The number of aliphatic hydroxyl groups excluding tert-OH is 4. The molecule has 1 fully saturated rings. The van der Waals surface area contributed by atoms with Crippen molar-refractivity contribution < 1.29 is 35.1 Å². The second kappa shape index (κ2) is 8.92. The molecule has 1 heterocycles. The molecule has 0 aliphatic carbocycles. The zero-order valence-corrected chi connectivity index (χ0v) is 12.7. The van der Waals surface area contributed by atoms with Crippen LogP contribution in [0.1, 0.15) is 12.5 Å². The fourth-order valence-corrected chi connectivity index (χ4v) is 2.05. The van der Waals surface area contributed by atoms with Gasteiger partial charge in [-0.1, -0.05) is 30.3 Å². The molecule has 23 heavy (non-hydrogen) atoms. The van der Waals surface area contributed by atoms with Gasteiger partial charge in [0.05, 0.1) is 0 Å². The van der Waals surface area contributed by atoms with Crippen LogP contribution in [0.2, 0.25) is 0 Å².